The van der Waals surface area contributed by atoms with E-state index in [0.717, 1.165) is 36.3 Å². The lowest BCUT2D eigenvalue weighted by atomic mass is 10.2. The van der Waals surface area contributed by atoms with Crippen LogP contribution in [0.2, 0.25) is 0 Å². The maximum Gasteiger partial charge on any atom is 0.191 e. The molecule has 0 spiro atoms. The fourth-order valence-electron chi connectivity index (χ4n) is 2.62. The Balaban J connectivity index is 0.00000261. The van der Waals surface area contributed by atoms with Crippen LogP contribution in [0.25, 0.3) is 0 Å². The first-order valence-electron chi connectivity index (χ1n) is 8.64. The van der Waals surface area contributed by atoms with E-state index in [4.69, 9.17) is 0 Å². The van der Waals surface area contributed by atoms with Gasteiger partial charge in [0.2, 0.25) is 0 Å². The smallest absolute Gasteiger partial charge is 0.191 e. The number of nitrogens with zero attached hydrogens (tertiary/aromatic N) is 4. The molecule has 144 valence electrons. The van der Waals surface area contributed by atoms with E-state index in [9.17, 15) is 0 Å². The van der Waals surface area contributed by atoms with E-state index < -0.39 is 0 Å². The molecule has 0 bridgehead atoms. The van der Waals surface area contributed by atoms with Crippen LogP contribution in [0.15, 0.2) is 53.9 Å². The van der Waals surface area contributed by atoms with Gasteiger partial charge in [-0.3, -0.25) is 4.99 Å². The molecule has 0 fully saturated rings. The highest BCUT2D eigenvalue weighted by Gasteiger charge is 2.06. The number of imidazole rings is 1. The zero-order chi connectivity index (χ0) is 18.2. The molecule has 2 aromatic heterocycles. The Labute approximate surface area is 181 Å². The summed E-state index contributed by atoms with van der Waals surface area (Å²) in [6.45, 7) is 4.31. The number of hydrogen-bond donors (Lipinski definition) is 2. The predicted octanol–water partition coefficient (Wildman–Crippen LogP) is 3.22. The molecule has 0 saturated carbocycles. The minimum atomic E-state index is 0. The molecule has 6 nitrogen and oxygen atoms in total. The molecule has 0 atom stereocenters. The number of halogens is 1. The standard InChI is InChI=1S/C19H24N6S.HI/c1-15-12-23-18(26-15)8-9-22-19(20-2)24-13-17-21-10-11-25(17)14-16-6-4-3-5-7-16;/h3-7,10-12H,8-9,13-14H2,1-2H3,(H2,20,22,24);1H. The lowest BCUT2D eigenvalue weighted by Crippen LogP contribution is -2.38. The van der Waals surface area contributed by atoms with E-state index in [2.05, 4.69) is 61.4 Å². The maximum atomic E-state index is 4.46. The molecule has 0 unspecified atom stereocenters. The maximum absolute atomic E-state index is 4.46. The Morgan fingerprint density at radius 1 is 1.19 bits per heavy atom. The molecular formula is C19H25IN6S. The lowest BCUT2D eigenvalue weighted by Gasteiger charge is -2.12. The molecule has 0 aliphatic rings. The van der Waals surface area contributed by atoms with Crippen molar-refractivity contribution in [2.75, 3.05) is 13.6 Å². The van der Waals surface area contributed by atoms with Crippen molar-refractivity contribution >= 4 is 41.3 Å². The first-order chi connectivity index (χ1) is 12.7. The summed E-state index contributed by atoms with van der Waals surface area (Å²) in [5, 5.41) is 7.80. The number of aryl methyl sites for hydroxylation is 1. The van der Waals surface area contributed by atoms with Crippen LogP contribution in [0.4, 0.5) is 0 Å². The van der Waals surface area contributed by atoms with Crippen LogP contribution in [0.1, 0.15) is 21.3 Å². The molecule has 8 heteroatoms. The monoisotopic (exact) mass is 496 g/mol. The molecule has 2 N–H and O–H groups in total. The zero-order valence-corrected chi connectivity index (χ0v) is 18.7. The molecule has 27 heavy (non-hydrogen) atoms. The van der Waals surface area contributed by atoms with Crippen molar-refractivity contribution < 1.29 is 0 Å². The van der Waals surface area contributed by atoms with Gasteiger partial charge in [0, 0.05) is 50.0 Å². The van der Waals surface area contributed by atoms with Crippen LogP contribution < -0.4 is 10.6 Å². The molecule has 0 aliphatic carbocycles. The quantitative estimate of drug-likeness (QED) is 0.300. The van der Waals surface area contributed by atoms with Gasteiger partial charge in [-0.15, -0.1) is 35.3 Å². The number of benzene rings is 1. The highest BCUT2D eigenvalue weighted by Crippen LogP contribution is 2.11. The second kappa shape index (κ2) is 11.0. The molecule has 1 aromatic carbocycles. The molecule has 3 rings (SSSR count). The molecule has 0 radical (unpaired) electrons. The van der Waals surface area contributed by atoms with Crippen molar-refractivity contribution in [2.45, 2.75) is 26.4 Å². The summed E-state index contributed by atoms with van der Waals surface area (Å²) in [7, 11) is 1.78. The van der Waals surface area contributed by atoms with Gasteiger partial charge in [-0.1, -0.05) is 30.3 Å². The predicted molar refractivity (Wildman–Crippen MR) is 122 cm³/mol. The van der Waals surface area contributed by atoms with Crippen LogP contribution in [0.5, 0.6) is 0 Å². The number of guanidine groups is 1. The van der Waals surface area contributed by atoms with E-state index in [0.29, 0.717) is 6.54 Å². The van der Waals surface area contributed by atoms with Crippen LogP contribution >= 0.6 is 35.3 Å². The second-order valence-corrected chi connectivity index (χ2v) is 7.24. The summed E-state index contributed by atoms with van der Waals surface area (Å²) < 4.78 is 2.15. The van der Waals surface area contributed by atoms with E-state index in [1.807, 2.05) is 24.7 Å². The third-order valence-corrected chi connectivity index (χ3v) is 4.91. The highest BCUT2D eigenvalue weighted by molar-refractivity contribution is 14.0. The van der Waals surface area contributed by atoms with Crippen molar-refractivity contribution in [3.63, 3.8) is 0 Å². The topological polar surface area (TPSA) is 67.1 Å². The number of aliphatic imine (C=N–C) groups is 1. The van der Waals surface area contributed by atoms with Crippen LogP contribution in [-0.4, -0.2) is 34.1 Å². The molecule has 0 amide bonds. The summed E-state index contributed by atoms with van der Waals surface area (Å²) in [6.07, 6.45) is 6.65. The van der Waals surface area contributed by atoms with E-state index in [1.165, 1.54) is 10.4 Å². The third-order valence-electron chi connectivity index (χ3n) is 3.94. The number of rotatable bonds is 7. The van der Waals surface area contributed by atoms with Gasteiger partial charge in [0.25, 0.3) is 0 Å². The molecule has 2 heterocycles. The zero-order valence-electron chi connectivity index (χ0n) is 15.6. The summed E-state index contributed by atoms with van der Waals surface area (Å²) in [5.41, 5.74) is 1.26. The minimum Gasteiger partial charge on any atom is -0.356 e. The van der Waals surface area contributed by atoms with Gasteiger partial charge in [0.1, 0.15) is 5.82 Å². The molecular weight excluding hydrogens is 471 g/mol. The van der Waals surface area contributed by atoms with Crippen molar-refractivity contribution in [3.05, 3.63) is 70.2 Å². The fraction of sp³-hybridized carbons (Fsp3) is 0.316. The number of hydrogen-bond acceptors (Lipinski definition) is 4. The van der Waals surface area contributed by atoms with Crippen molar-refractivity contribution in [3.8, 4) is 0 Å². The van der Waals surface area contributed by atoms with Gasteiger partial charge in [-0.2, -0.15) is 0 Å². The first-order valence-corrected chi connectivity index (χ1v) is 9.46. The van der Waals surface area contributed by atoms with Gasteiger partial charge in [0.15, 0.2) is 5.96 Å². The van der Waals surface area contributed by atoms with Crippen LogP contribution in [0, 0.1) is 6.92 Å². The normalized spacial score (nSPS) is 11.1. The minimum absolute atomic E-state index is 0. The Hall–Kier alpha value is -1.94. The fourth-order valence-corrected chi connectivity index (χ4v) is 3.41. The highest BCUT2D eigenvalue weighted by atomic mass is 127. The van der Waals surface area contributed by atoms with E-state index >= 15 is 0 Å². The van der Waals surface area contributed by atoms with Crippen molar-refractivity contribution in [2.24, 2.45) is 4.99 Å². The van der Waals surface area contributed by atoms with E-state index in [1.54, 1.807) is 18.4 Å². The van der Waals surface area contributed by atoms with Gasteiger partial charge in [-0.05, 0) is 12.5 Å². The Bertz CT molecular complexity index is 843. The lowest BCUT2D eigenvalue weighted by molar-refractivity contribution is 0.687. The van der Waals surface area contributed by atoms with E-state index in [-0.39, 0.29) is 24.0 Å². The largest absolute Gasteiger partial charge is 0.356 e. The van der Waals surface area contributed by atoms with Crippen molar-refractivity contribution in [1.29, 1.82) is 0 Å². The molecule has 0 aliphatic heterocycles. The van der Waals surface area contributed by atoms with Gasteiger partial charge >= 0.3 is 0 Å². The third kappa shape index (κ3) is 6.62. The number of nitrogens with one attached hydrogen (secondary N) is 2. The molecule has 3 aromatic rings. The average Bonchev–Trinajstić information content (AvgIpc) is 3.27. The average molecular weight is 496 g/mol. The number of thiazole rings is 1. The SMILES string of the molecule is CN=C(NCCc1ncc(C)s1)NCc1nccn1Cc1ccccc1.I. The van der Waals surface area contributed by atoms with Gasteiger partial charge in [-0.25, -0.2) is 9.97 Å². The van der Waals surface area contributed by atoms with Gasteiger partial charge < -0.3 is 15.2 Å². The summed E-state index contributed by atoms with van der Waals surface area (Å²) in [4.78, 5) is 14.4. The van der Waals surface area contributed by atoms with Gasteiger partial charge in [0.05, 0.1) is 11.6 Å². The van der Waals surface area contributed by atoms with Crippen LogP contribution in [-0.2, 0) is 19.5 Å². The summed E-state index contributed by atoms with van der Waals surface area (Å²) in [6, 6.07) is 10.4. The number of aromatic nitrogens is 3. The Morgan fingerprint density at radius 2 is 2.00 bits per heavy atom. The first kappa shape index (κ1) is 21.4. The summed E-state index contributed by atoms with van der Waals surface area (Å²) in [5.74, 6) is 1.75. The summed E-state index contributed by atoms with van der Waals surface area (Å²) >= 11 is 1.74. The van der Waals surface area contributed by atoms with Crippen molar-refractivity contribution in [1.82, 2.24) is 25.2 Å². The Kier molecular flexibility index (Phi) is 8.73. The molecule has 0 saturated heterocycles. The van der Waals surface area contributed by atoms with Crippen LogP contribution in [0.3, 0.4) is 0 Å². The Morgan fingerprint density at radius 3 is 2.70 bits per heavy atom. The second-order valence-electron chi connectivity index (χ2n) is 5.92.